The minimum Gasteiger partial charge on any atom is -0.465 e. The lowest BCUT2D eigenvalue weighted by Gasteiger charge is -2.15. The summed E-state index contributed by atoms with van der Waals surface area (Å²) in [5.74, 6) is -1.69. The van der Waals surface area contributed by atoms with Gasteiger partial charge < -0.3 is 34.6 Å². The fraction of sp³-hybridized carbons (Fsp3) is 0.293. The lowest BCUT2D eigenvalue weighted by Crippen LogP contribution is -2.28. The molecule has 1 atom stereocenters. The van der Waals surface area contributed by atoms with Crippen LogP contribution in [0.1, 0.15) is 58.7 Å². The van der Waals surface area contributed by atoms with Crippen molar-refractivity contribution >= 4 is 74.3 Å². The van der Waals surface area contributed by atoms with Crippen molar-refractivity contribution in [2.45, 2.75) is 67.1 Å². The quantitative estimate of drug-likeness (QED) is 0.0850. The summed E-state index contributed by atoms with van der Waals surface area (Å²) in [6, 6.07) is 19.6. The van der Waals surface area contributed by atoms with Crippen molar-refractivity contribution in [2.24, 2.45) is 5.92 Å². The van der Waals surface area contributed by atoms with E-state index in [-0.39, 0.29) is 52.5 Å². The number of anilines is 1. The van der Waals surface area contributed by atoms with Crippen LogP contribution < -0.4 is 16.7 Å². The van der Waals surface area contributed by atoms with E-state index in [2.05, 4.69) is 0 Å². The second-order valence-electron chi connectivity index (χ2n) is 14.9. The summed E-state index contributed by atoms with van der Waals surface area (Å²) >= 11 is 0. The minimum absolute atomic E-state index is 0.0271. The molecule has 4 aliphatic rings. The Morgan fingerprint density at radius 1 is 0.780 bits per heavy atom. The van der Waals surface area contributed by atoms with Gasteiger partial charge in [-0.15, -0.1) is 0 Å². The van der Waals surface area contributed by atoms with E-state index >= 15 is 0 Å². The Morgan fingerprint density at radius 2 is 1.37 bits per heavy atom. The standard InChI is InChI=1S/C22H23BO7S.C19H18BNO6S/c1-14(24)8-15-3-5-21(19(9-15)11-17-6-7-29-22(17)25)31(27,28)13-16-2-4-18-12-30-23(26)20(18)10-16;21-16-3-4-18(15(9-16)8-13-5-6-26-19(13)22)28(24,25)11-12-1-2-14-10-27-20(23)17(14)7-12/h2-5,9-10,17,26H,6-8,11-13H2,1H3;1-4,7-9,23H,5-6,10-11,21H2/b;13-8-. The highest BCUT2D eigenvalue weighted by molar-refractivity contribution is 7.91. The summed E-state index contributed by atoms with van der Waals surface area (Å²) in [6.07, 6.45) is 2.94. The van der Waals surface area contributed by atoms with Gasteiger partial charge in [-0.05, 0) is 100.0 Å². The van der Waals surface area contributed by atoms with Crippen molar-refractivity contribution in [1.29, 1.82) is 0 Å². The molecule has 0 aliphatic carbocycles. The number of benzene rings is 4. The van der Waals surface area contributed by atoms with E-state index < -0.39 is 45.8 Å². The van der Waals surface area contributed by atoms with Gasteiger partial charge in [0.15, 0.2) is 19.7 Å². The Kier molecular flexibility index (Phi) is 12.3. The number of nitrogens with two attached hydrogens (primary N) is 1. The lowest BCUT2D eigenvalue weighted by atomic mass is 9.79. The van der Waals surface area contributed by atoms with Gasteiger partial charge >= 0.3 is 26.2 Å². The number of hydrogen-bond donors (Lipinski definition) is 3. The summed E-state index contributed by atoms with van der Waals surface area (Å²) in [5, 5.41) is 19.8. The van der Waals surface area contributed by atoms with Gasteiger partial charge in [-0.25, -0.2) is 21.6 Å². The van der Waals surface area contributed by atoms with E-state index in [4.69, 9.17) is 24.5 Å². The number of fused-ring (bicyclic) bond motifs is 2. The molecule has 1 unspecified atom stereocenters. The predicted molar refractivity (Wildman–Crippen MR) is 217 cm³/mol. The molecule has 59 heavy (non-hydrogen) atoms. The second kappa shape index (κ2) is 17.2. The Balaban J connectivity index is 0.000000180. The molecule has 0 radical (unpaired) electrons. The lowest BCUT2D eigenvalue weighted by molar-refractivity contribution is -0.141. The second-order valence-corrected chi connectivity index (χ2v) is 18.9. The largest absolute Gasteiger partial charge is 0.491 e. The van der Waals surface area contributed by atoms with E-state index in [1.165, 1.54) is 37.3 Å². The zero-order valence-corrected chi connectivity index (χ0v) is 33.7. The molecule has 4 heterocycles. The monoisotopic (exact) mass is 841 g/mol. The molecule has 2 saturated heterocycles. The summed E-state index contributed by atoms with van der Waals surface area (Å²) in [4.78, 5) is 35.5. The van der Waals surface area contributed by atoms with Gasteiger partial charge in [0.1, 0.15) is 5.78 Å². The van der Waals surface area contributed by atoms with Crippen LogP contribution in [0.5, 0.6) is 0 Å². The normalized spacial score (nSPS) is 18.0. The van der Waals surface area contributed by atoms with Crippen LogP contribution in [0.2, 0.25) is 0 Å². The van der Waals surface area contributed by atoms with Crippen molar-refractivity contribution in [1.82, 2.24) is 0 Å². The van der Waals surface area contributed by atoms with E-state index in [0.717, 1.165) is 11.1 Å². The number of ketones is 1. The fourth-order valence-corrected chi connectivity index (χ4v) is 10.6. The van der Waals surface area contributed by atoms with Crippen LogP contribution in [0.15, 0.2) is 88.2 Å². The van der Waals surface area contributed by atoms with Crippen molar-refractivity contribution in [2.75, 3.05) is 18.9 Å². The molecular formula is C41H41B2NO13S2. The first-order chi connectivity index (χ1) is 28.1. The Hall–Kier alpha value is -5.10. The topological polar surface area (TPSA) is 223 Å². The zero-order chi connectivity index (χ0) is 42.1. The molecule has 8 rings (SSSR count). The SMILES string of the molecule is CC(=O)Cc1ccc(S(=O)(=O)Cc2ccc3c(c2)B(O)OC3)c(CC2CCOC2=O)c1.Nc1ccc(S(=O)(=O)Cc2ccc3c(c2)B(O)OC3)c(/C=C2/CCOC2=O)c1. The van der Waals surface area contributed by atoms with Gasteiger partial charge in [0.05, 0.1) is 53.6 Å². The smallest absolute Gasteiger partial charge is 0.465 e. The number of esters is 2. The third-order valence-corrected chi connectivity index (χ3v) is 14.0. The van der Waals surface area contributed by atoms with Gasteiger partial charge in [-0.2, -0.15) is 0 Å². The van der Waals surface area contributed by atoms with Crippen LogP contribution in [-0.4, -0.2) is 72.1 Å². The summed E-state index contributed by atoms with van der Waals surface area (Å²) in [7, 11) is -9.56. The van der Waals surface area contributed by atoms with E-state index in [0.29, 0.717) is 82.7 Å². The van der Waals surface area contributed by atoms with Crippen molar-refractivity contribution in [3.63, 3.8) is 0 Å². The third-order valence-electron chi connectivity index (χ3n) is 10.4. The summed E-state index contributed by atoms with van der Waals surface area (Å²) in [6.45, 7) is 2.69. The minimum atomic E-state index is -3.74. The molecule has 2 fully saturated rings. The number of rotatable bonds is 11. The van der Waals surface area contributed by atoms with Crippen molar-refractivity contribution in [3.8, 4) is 0 Å². The van der Waals surface area contributed by atoms with E-state index in [1.807, 2.05) is 0 Å². The number of sulfone groups is 2. The average molecular weight is 842 g/mol. The highest BCUT2D eigenvalue weighted by Gasteiger charge is 2.32. The Bertz CT molecular complexity index is 2600. The van der Waals surface area contributed by atoms with Gasteiger partial charge in [-0.1, -0.05) is 48.5 Å². The van der Waals surface area contributed by atoms with Crippen LogP contribution in [0.3, 0.4) is 0 Å². The first-order valence-electron chi connectivity index (χ1n) is 18.9. The van der Waals surface area contributed by atoms with Crippen molar-refractivity contribution in [3.05, 3.63) is 117 Å². The first kappa shape index (κ1) is 42.0. The summed E-state index contributed by atoms with van der Waals surface area (Å²) < 4.78 is 73.1. The van der Waals surface area contributed by atoms with Gasteiger partial charge in [0, 0.05) is 24.1 Å². The Labute approximate surface area is 342 Å². The predicted octanol–water partition coefficient (Wildman–Crippen LogP) is 1.91. The molecule has 4 N–H and O–H groups in total. The number of nitrogen functional groups attached to an aromatic ring is 1. The number of cyclic esters (lactones) is 2. The highest BCUT2D eigenvalue weighted by atomic mass is 32.2. The maximum absolute atomic E-state index is 13.3. The number of carbonyl (C=O) groups is 3. The van der Waals surface area contributed by atoms with E-state index in [1.54, 1.807) is 48.5 Å². The first-order valence-corrected chi connectivity index (χ1v) is 22.2. The van der Waals surface area contributed by atoms with E-state index in [9.17, 15) is 41.3 Å². The molecule has 4 aliphatic heterocycles. The zero-order valence-electron chi connectivity index (χ0n) is 32.1. The van der Waals surface area contributed by atoms with Crippen LogP contribution in [0.4, 0.5) is 5.69 Å². The van der Waals surface area contributed by atoms with Crippen LogP contribution in [-0.2, 0) is 90.4 Å². The molecule has 18 heteroatoms. The highest BCUT2D eigenvalue weighted by Crippen LogP contribution is 2.30. The molecule has 0 spiro atoms. The molecule has 0 aromatic heterocycles. The van der Waals surface area contributed by atoms with Crippen molar-refractivity contribution < 1.29 is 60.0 Å². The number of hydrogen-bond acceptors (Lipinski definition) is 14. The molecule has 4 aromatic rings. The van der Waals surface area contributed by atoms with Crippen LogP contribution in [0, 0.1) is 5.92 Å². The molecule has 14 nitrogen and oxygen atoms in total. The molecule has 4 aromatic carbocycles. The fourth-order valence-electron chi connectivity index (χ4n) is 7.51. The Morgan fingerprint density at radius 3 is 1.93 bits per heavy atom. The van der Waals surface area contributed by atoms with Gasteiger partial charge in [-0.3, -0.25) is 9.59 Å². The van der Waals surface area contributed by atoms with Gasteiger partial charge in [0.2, 0.25) is 0 Å². The number of carbonyl (C=O) groups excluding carboxylic acids is 3. The molecule has 0 saturated carbocycles. The molecule has 0 bridgehead atoms. The average Bonchev–Trinajstić information content (AvgIpc) is 3.96. The van der Waals surface area contributed by atoms with Gasteiger partial charge in [0.25, 0.3) is 0 Å². The van der Waals surface area contributed by atoms with Crippen LogP contribution >= 0.6 is 0 Å². The number of ether oxygens (including phenoxy) is 2. The molecule has 0 amide bonds. The molecule has 306 valence electrons. The maximum atomic E-state index is 13.3. The van der Waals surface area contributed by atoms with Crippen LogP contribution in [0.25, 0.3) is 6.08 Å². The summed E-state index contributed by atoms with van der Waals surface area (Å²) in [5.41, 5.74) is 12.2. The molecular weight excluding hydrogens is 800 g/mol. The number of Topliss-reactive ketones (excluding diaryl/α,β-unsaturated/α-hetero) is 1. The maximum Gasteiger partial charge on any atom is 0.491 e. The third kappa shape index (κ3) is 9.69.